The Balaban J connectivity index is 2.27. The highest BCUT2D eigenvalue weighted by Crippen LogP contribution is 2.32. The first-order valence-corrected chi connectivity index (χ1v) is 5.84. The number of hydrogen-bond donors (Lipinski definition) is 0. The molecule has 3 heteroatoms. The molecule has 0 unspecified atom stereocenters. The van der Waals surface area contributed by atoms with Crippen LogP contribution in [-0.4, -0.2) is 17.6 Å². The number of rotatable bonds is 4. The van der Waals surface area contributed by atoms with Crippen LogP contribution in [0.4, 0.5) is 5.82 Å². The molecule has 1 aliphatic rings. The van der Waals surface area contributed by atoms with Gasteiger partial charge in [0.1, 0.15) is 11.9 Å². The first-order chi connectivity index (χ1) is 7.72. The molecule has 3 nitrogen and oxygen atoms in total. The molecule has 16 heavy (non-hydrogen) atoms. The lowest BCUT2D eigenvalue weighted by Crippen LogP contribution is -2.31. The second-order valence-electron chi connectivity index (χ2n) is 4.76. The molecule has 1 saturated carbocycles. The van der Waals surface area contributed by atoms with Crippen LogP contribution in [0.3, 0.4) is 0 Å². The largest absolute Gasteiger partial charge is 0.352 e. The third kappa shape index (κ3) is 2.33. The van der Waals surface area contributed by atoms with E-state index in [2.05, 4.69) is 29.8 Å². The van der Waals surface area contributed by atoms with Gasteiger partial charge in [-0.2, -0.15) is 5.26 Å². The van der Waals surface area contributed by atoms with Crippen LogP contribution in [0, 0.1) is 17.2 Å². The van der Waals surface area contributed by atoms with Crippen molar-refractivity contribution in [2.75, 3.05) is 11.4 Å². The van der Waals surface area contributed by atoms with E-state index in [-0.39, 0.29) is 0 Å². The molecule has 84 valence electrons. The molecular weight excluding hydrogens is 198 g/mol. The second-order valence-corrected chi connectivity index (χ2v) is 4.76. The smallest absolute Gasteiger partial charge is 0.146 e. The van der Waals surface area contributed by atoms with Crippen LogP contribution in [0.5, 0.6) is 0 Å². The van der Waals surface area contributed by atoms with Gasteiger partial charge in [-0.1, -0.05) is 13.8 Å². The van der Waals surface area contributed by atoms with Gasteiger partial charge in [0.05, 0.1) is 5.56 Å². The SMILES string of the molecule is CC(C)CN(c1ncccc1C#N)C1CC1. The van der Waals surface area contributed by atoms with Gasteiger partial charge in [-0.3, -0.25) is 0 Å². The Hall–Kier alpha value is -1.56. The Morgan fingerprint density at radius 1 is 1.56 bits per heavy atom. The molecule has 1 aromatic rings. The van der Waals surface area contributed by atoms with Crippen molar-refractivity contribution in [3.63, 3.8) is 0 Å². The van der Waals surface area contributed by atoms with Crippen molar-refractivity contribution in [1.82, 2.24) is 4.98 Å². The average molecular weight is 215 g/mol. The van der Waals surface area contributed by atoms with Crippen LogP contribution in [0.25, 0.3) is 0 Å². The highest BCUT2D eigenvalue weighted by atomic mass is 15.2. The van der Waals surface area contributed by atoms with Crippen LogP contribution in [0.15, 0.2) is 18.3 Å². The fourth-order valence-electron chi connectivity index (χ4n) is 1.90. The molecule has 1 aliphatic carbocycles. The van der Waals surface area contributed by atoms with Crippen LogP contribution in [0.1, 0.15) is 32.3 Å². The van der Waals surface area contributed by atoms with Gasteiger partial charge in [0.2, 0.25) is 0 Å². The Morgan fingerprint density at radius 2 is 2.31 bits per heavy atom. The predicted molar refractivity (Wildman–Crippen MR) is 64.2 cm³/mol. The van der Waals surface area contributed by atoms with Gasteiger partial charge in [-0.15, -0.1) is 0 Å². The van der Waals surface area contributed by atoms with Gasteiger partial charge in [-0.25, -0.2) is 4.98 Å². The molecule has 0 saturated heterocycles. The second kappa shape index (κ2) is 4.52. The van der Waals surface area contributed by atoms with E-state index in [1.54, 1.807) is 6.20 Å². The maximum Gasteiger partial charge on any atom is 0.146 e. The van der Waals surface area contributed by atoms with E-state index >= 15 is 0 Å². The summed E-state index contributed by atoms with van der Waals surface area (Å²) < 4.78 is 0. The summed E-state index contributed by atoms with van der Waals surface area (Å²) in [5.74, 6) is 1.45. The number of nitrogens with zero attached hydrogens (tertiary/aromatic N) is 3. The highest BCUT2D eigenvalue weighted by molar-refractivity contribution is 5.54. The van der Waals surface area contributed by atoms with Gasteiger partial charge in [0.25, 0.3) is 0 Å². The predicted octanol–water partition coefficient (Wildman–Crippen LogP) is 2.58. The van der Waals surface area contributed by atoms with Gasteiger partial charge in [0, 0.05) is 18.8 Å². The molecule has 0 aromatic carbocycles. The number of anilines is 1. The molecule has 1 fully saturated rings. The summed E-state index contributed by atoms with van der Waals surface area (Å²) in [6, 6.07) is 6.50. The molecule has 2 rings (SSSR count). The van der Waals surface area contributed by atoms with Crippen LogP contribution < -0.4 is 4.90 Å². The van der Waals surface area contributed by atoms with Crippen LogP contribution in [-0.2, 0) is 0 Å². The third-order valence-corrected chi connectivity index (χ3v) is 2.73. The zero-order chi connectivity index (χ0) is 11.5. The van der Waals surface area contributed by atoms with Crippen molar-refractivity contribution < 1.29 is 0 Å². The quantitative estimate of drug-likeness (QED) is 0.775. The monoisotopic (exact) mass is 215 g/mol. The van der Waals surface area contributed by atoms with Crippen molar-refractivity contribution in [2.24, 2.45) is 5.92 Å². The van der Waals surface area contributed by atoms with Crippen molar-refractivity contribution in [2.45, 2.75) is 32.7 Å². The maximum atomic E-state index is 9.09. The Bertz CT molecular complexity index is 402. The van der Waals surface area contributed by atoms with Gasteiger partial charge >= 0.3 is 0 Å². The van der Waals surface area contributed by atoms with E-state index in [4.69, 9.17) is 5.26 Å². The van der Waals surface area contributed by atoms with Crippen LogP contribution >= 0.6 is 0 Å². The Morgan fingerprint density at radius 3 is 2.88 bits per heavy atom. The van der Waals surface area contributed by atoms with E-state index in [9.17, 15) is 0 Å². The summed E-state index contributed by atoms with van der Waals surface area (Å²) >= 11 is 0. The molecule has 0 amide bonds. The Labute approximate surface area is 96.7 Å². The van der Waals surface area contributed by atoms with Crippen molar-refractivity contribution in [3.8, 4) is 6.07 Å². The van der Waals surface area contributed by atoms with E-state index < -0.39 is 0 Å². The summed E-state index contributed by atoms with van der Waals surface area (Å²) in [6.45, 7) is 5.38. The number of nitriles is 1. The summed E-state index contributed by atoms with van der Waals surface area (Å²) in [5, 5.41) is 9.09. The normalized spacial score (nSPS) is 14.9. The maximum absolute atomic E-state index is 9.09. The van der Waals surface area contributed by atoms with Gasteiger partial charge in [-0.05, 0) is 30.9 Å². The number of pyridine rings is 1. The summed E-state index contributed by atoms with van der Waals surface area (Å²) in [6.07, 6.45) is 4.23. The summed E-state index contributed by atoms with van der Waals surface area (Å²) in [4.78, 5) is 6.66. The third-order valence-electron chi connectivity index (χ3n) is 2.73. The lowest BCUT2D eigenvalue weighted by molar-refractivity contribution is 0.602. The highest BCUT2D eigenvalue weighted by Gasteiger charge is 2.31. The lowest BCUT2D eigenvalue weighted by atomic mass is 10.2. The fourth-order valence-corrected chi connectivity index (χ4v) is 1.90. The molecule has 1 aromatic heterocycles. The van der Waals surface area contributed by atoms with E-state index in [0.717, 1.165) is 12.4 Å². The summed E-state index contributed by atoms with van der Waals surface area (Å²) in [7, 11) is 0. The molecule has 1 heterocycles. The molecule has 0 radical (unpaired) electrons. The minimum absolute atomic E-state index is 0.592. The average Bonchev–Trinajstić information content (AvgIpc) is 3.09. The van der Waals surface area contributed by atoms with Gasteiger partial charge in [0.15, 0.2) is 0 Å². The van der Waals surface area contributed by atoms with Crippen molar-refractivity contribution in [1.29, 1.82) is 5.26 Å². The molecule has 0 bridgehead atoms. The minimum Gasteiger partial charge on any atom is -0.352 e. The van der Waals surface area contributed by atoms with E-state index in [0.29, 0.717) is 17.5 Å². The first-order valence-electron chi connectivity index (χ1n) is 5.84. The van der Waals surface area contributed by atoms with Gasteiger partial charge < -0.3 is 4.90 Å². The van der Waals surface area contributed by atoms with E-state index in [1.165, 1.54) is 12.8 Å². The van der Waals surface area contributed by atoms with Crippen molar-refractivity contribution in [3.05, 3.63) is 23.9 Å². The topological polar surface area (TPSA) is 39.9 Å². The first kappa shape index (κ1) is 10.9. The number of hydrogen-bond acceptors (Lipinski definition) is 3. The summed E-state index contributed by atoms with van der Waals surface area (Å²) in [5.41, 5.74) is 0.690. The zero-order valence-electron chi connectivity index (χ0n) is 9.85. The molecule has 0 aliphatic heterocycles. The zero-order valence-corrected chi connectivity index (χ0v) is 9.85. The van der Waals surface area contributed by atoms with E-state index in [1.807, 2.05) is 12.1 Å². The van der Waals surface area contributed by atoms with Crippen molar-refractivity contribution >= 4 is 5.82 Å². The fraction of sp³-hybridized carbons (Fsp3) is 0.538. The molecule has 0 spiro atoms. The van der Waals surface area contributed by atoms with Crippen LogP contribution in [0.2, 0.25) is 0 Å². The standard InChI is InChI=1S/C13H17N3/c1-10(2)9-16(12-5-6-12)13-11(8-14)4-3-7-15-13/h3-4,7,10,12H,5-6,9H2,1-2H3. The molecule has 0 atom stereocenters. The minimum atomic E-state index is 0.592. The molecule has 0 N–H and O–H groups in total. The number of aromatic nitrogens is 1. The molecular formula is C13H17N3. The Kier molecular flexibility index (Phi) is 3.09. The lowest BCUT2D eigenvalue weighted by Gasteiger charge is -2.26.